The van der Waals surface area contributed by atoms with Crippen molar-refractivity contribution >= 4 is 0 Å². The minimum atomic E-state index is -0.351. The summed E-state index contributed by atoms with van der Waals surface area (Å²) in [4.78, 5) is 0. The summed E-state index contributed by atoms with van der Waals surface area (Å²) < 4.78 is 13.1. The minimum absolute atomic E-state index is 0.161. The molecular formula is C11H16FNO. The fraction of sp³-hybridized carbons (Fsp3) is 0.455. The van der Waals surface area contributed by atoms with Crippen molar-refractivity contribution in [2.45, 2.75) is 19.4 Å². The molecule has 0 saturated carbocycles. The number of halogens is 1. The van der Waals surface area contributed by atoms with Gasteiger partial charge < -0.3 is 10.4 Å². The van der Waals surface area contributed by atoms with Crippen molar-refractivity contribution in [1.82, 2.24) is 5.32 Å². The maximum Gasteiger partial charge on any atom is 0.126 e. The van der Waals surface area contributed by atoms with E-state index in [1.807, 2.05) is 6.07 Å². The van der Waals surface area contributed by atoms with Gasteiger partial charge in [0, 0.05) is 6.54 Å². The second-order valence-corrected chi connectivity index (χ2v) is 3.39. The number of rotatable bonds is 5. The maximum atomic E-state index is 13.1. The van der Waals surface area contributed by atoms with E-state index in [9.17, 15) is 4.39 Å². The topological polar surface area (TPSA) is 32.3 Å². The number of aliphatic hydroxyl groups is 1. The normalized spacial score (nSPS) is 12.8. The quantitative estimate of drug-likeness (QED) is 0.698. The molecule has 0 amide bonds. The molecule has 0 radical (unpaired) electrons. The molecule has 0 unspecified atom stereocenters. The Bertz CT molecular complexity index is 276. The summed E-state index contributed by atoms with van der Waals surface area (Å²) in [6, 6.07) is 6.75. The Hall–Kier alpha value is -0.930. The Morgan fingerprint density at radius 2 is 2.14 bits per heavy atom. The number of aliphatic hydroxyl groups excluding tert-OH is 1. The third-order valence-corrected chi connectivity index (χ3v) is 1.97. The van der Waals surface area contributed by atoms with E-state index in [0.29, 0.717) is 25.1 Å². The highest BCUT2D eigenvalue weighted by Crippen LogP contribution is 2.05. The van der Waals surface area contributed by atoms with Gasteiger partial charge in [0.25, 0.3) is 0 Å². The molecule has 0 saturated heterocycles. The lowest BCUT2D eigenvalue weighted by atomic mass is 10.1. The predicted octanol–water partition coefficient (Wildman–Crippen LogP) is 1.34. The van der Waals surface area contributed by atoms with E-state index in [0.717, 1.165) is 0 Å². The molecule has 2 nitrogen and oxygen atoms in total. The van der Waals surface area contributed by atoms with Gasteiger partial charge in [-0.3, -0.25) is 0 Å². The summed E-state index contributed by atoms with van der Waals surface area (Å²) in [6.07, 6.45) is 0.301. The third kappa shape index (κ3) is 3.85. The smallest absolute Gasteiger partial charge is 0.126 e. The van der Waals surface area contributed by atoms with E-state index in [-0.39, 0.29) is 11.9 Å². The molecule has 14 heavy (non-hydrogen) atoms. The van der Waals surface area contributed by atoms with Gasteiger partial charge in [-0.25, -0.2) is 4.39 Å². The first-order chi connectivity index (χ1) is 6.70. The van der Waals surface area contributed by atoms with E-state index in [2.05, 4.69) is 5.32 Å². The van der Waals surface area contributed by atoms with Crippen LogP contribution in [0.15, 0.2) is 24.3 Å². The standard InChI is InChI=1S/C11H16FNO/c1-9(14)8-13-7-6-10-4-2-3-5-11(10)12/h2-5,9,13-14H,6-8H2,1H3/t9-/m0/s1. The second-order valence-electron chi connectivity index (χ2n) is 3.39. The molecule has 78 valence electrons. The van der Waals surface area contributed by atoms with E-state index >= 15 is 0 Å². The highest BCUT2D eigenvalue weighted by atomic mass is 19.1. The van der Waals surface area contributed by atoms with Crippen LogP contribution in [-0.2, 0) is 6.42 Å². The Labute approximate surface area is 83.8 Å². The first-order valence-corrected chi connectivity index (χ1v) is 4.82. The number of benzene rings is 1. The summed E-state index contributed by atoms with van der Waals surface area (Å²) in [6.45, 7) is 2.95. The lowest BCUT2D eigenvalue weighted by molar-refractivity contribution is 0.191. The van der Waals surface area contributed by atoms with Gasteiger partial charge in [-0.2, -0.15) is 0 Å². The summed E-state index contributed by atoms with van der Waals surface area (Å²) >= 11 is 0. The predicted molar refractivity (Wildman–Crippen MR) is 54.7 cm³/mol. The molecule has 0 heterocycles. The molecular weight excluding hydrogens is 181 g/mol. The van der Waals surface area contributed by atoms with E-state index in [4.69, 9.17) is 5.11 Å². The van der Waals surface area contributed by atoms with Gasteiger partial charge in [0.05, 0.1) is 6.10 Å². The molecule has 3 heteroatoms. The summed E-state index contributed by atoms with van der Waals surface area (Å²) in [5.41, 5.74) is 0.714. The lowest BCUT2D eigenvalue weighted by Crippen LogP contribution is -2.26. The van der Waals surface area contributed by atoms with Crippen molar-refractivity contribution in [2.75, 3.05) is 13.1 Å². The van der Waals surface area contributed by atoms with Gasteiger partial charge in [-0.1, -0.05) is 18.2 Å². The molecule has 0 spiro atoms. The van der Waals surface area contributed by atoms with Gasteiger partial charge in [0.15, 0.2) is 0 Å². The highest BCUT2D eigenvalue weighted by Gasteiger charge is 2.00. The Morgan fingerprint density at radius 3 is 2.79 bits per heavy atom. The van der Waals surface area contributed by atoms with Crippen LogP contribution >= 0.6 is 0 Å². The monoisotopic (exact) mass is 197 g/mol. The van der Waals surface area contributed by atoms with E-state index < -0.39 is 0 Å². The average molecular weight is 197 g/mol. The van der Waals surface area contributed by atoms with Crippen molar-refractivity contribution in [3.63, 3.8) is 0 Å². The zero-order chi connectivity index (χ0) is 10.4. The first kappa shape index (κ1) is 11.1. The molecule has 0 aliphatic heterocycles. The largest absolute Gasteiger partial charge is 0.392 e. The second kappa shape index (κ2) is 5.73. The SMILES string of the molecule is C[C@H](O)CNCCc1ccccc1F. The number of hydrogen-bond acceptors (Lipinski definition) is 2. The Balaban J connectivity index is 2.28. The van der Waals surface area contributed by atoms with Crippen molar-refractivity contribution in [3.05, 3.63) is 35.6 Å². The molecule has 2 N–H and O–H groups in total. The Kier molecular flexibility index (Phi) is 4.56. The van der Waals surface area contributed by atoms with E-state index in [1.54, 1.807) is 19.1 Å². The van der Waals surface area contributed by atoms with E-state index in [1.165, 1.54) is 6.07 Å². The van der Waals surface area contributed by atoms with Crippen molar-refractivity contribution in [3.8, 4) is 0 Å². The van der Waals surface area contributed by atoms with Crippen LogP contribution in [0.1, 0.15) is 12.5 Å². The van der Waals surface area contributed by atoms with Crippen molar-refractivity contribution in [2.24, 2.45) is 0 Å². The summed E-state index contributed by atoms with van der Waals surface area (Å²) in [5.74, 6) is -0.161. The van der Waals surface area contributed by atoms with Gasteiger partial charge in [0.2, 0.25) is 0 Å². The van der Waals surface area contributed by atoms with Crippen LogP contribution in [0.4, 0.5) is 4.39 Å². The van der Waals surface area contributed by atoms with Gasteiger partial charge in [-0.15, -0.1) is 0 Å². The molecule has 1 atom stereocenters. The van der Waals surface area contributed by atoms with Gasteiger partial charge in [-0.05, 0) is 31.5 Å². The van der Waals surface area contributed by atoms with Crippen molar-refractivity contribution in [1.29, 1.82) is 0 Å². The summed E-state index contributed by atoms with van der Waals surface area (Å²) in [7, 11) is 0. The molecule has 0 aromatic heterocycles. The first-order valence-electron chi connectivity index (χ1n) is 4.82. The average Bonchev–Trinajstić information content (AvgIpc) is 2.15. The minimum Gasteiger partial charge on any atom is -0.392 e. The fourth-order valence-electron chi connectivity index (χ4n) is 1.24. The highest BCUT2D eigenvalue weighted by molar-refractivity contribution is 5.17. The van der Waals surface area contributed by atoms with Crippen molar-refractivity contribution < 1.29 is 9.50 Å². The zero-order valence-electron chi connectivity index (χ0n) is 8.33. The zero-order valence-corrected chi connectivity index (χ0v) is 8.33. The maximum absolute atomic E-state index is 13.1. The molecule has 0 aliphatic carbocycles. The number of nitrogens with one attached hydrogen (secondary N) is 1. The molecule has 1 aromatic rings. The van der Waals surface area contributed by atoms with Gasteiger partial charge >= 0.3 is 0 Å². The summed E-state index contributed by atoms with van der Waals surface area (Å²) in [5, 5.41) is 12.0. The van der Waals surface area contributed by atoms with Crippen LogP contribution in [0.3, 0.4) is 0 Å². The molecule has 1 aromatic carbocycles. The molecule has 0 bridgehead atoms. The fourth-order valence-corrected chi connectivity index (χ4v) is 1.24. The van der Waals surface area contributed by atoms with Crippen LogP contribution in [0, 0.1) is 5.82 Å². The lowest BCUT2D eigenvalue weighted by Gasteiger charge is -2.07. The Morgan fingerprint density at radius 1 is 1.43 bits per heavy atom. The molecule has 0 fully saturated rings. The third-order valence-electron chi connectivity index (χ3n) is 1.97. The van der Waals surface area contributed by atoms with Crippen LogP contribution in [0.5, 0.6) is 0 Å². The van der Waals surface area contributed by atoms with Crippen LogP contribution in [0.25, 0.3) is 0 Å². The van der Waals surface area contributed by atoms with Crippen LogP contribution < -0.4 is 5.32 Å². The van der Waals surface area contributed by atoms with Crippen LogP contribution in [0.2, 0.25) is 0 Å². The van der Waals surface area contributed by atoms with Gasteiger partial charge in [0.1, 0.15) is 5.82 Å². The number of hydrogen-bond donors (Lipinski definition) is 2. The molecule has 0 aliphatic rings. The molecule has 1 rings (SSSR count). The van der Waals surface area contributed by atoms with Crippen LogP contribution in [-0.4, -0.2) is 24.3 Å².